The Kier molecular flexibility index (Phi) is 4.53. The molecule has 0 aliphatic heterocycles. The van der Waals surface area contributed by atoms with E-state index in [9.17, 15) is 8.42 Å². The second-order valence-corrected chi connectivity index (χ2v) is 7.00. The zero-order chi connectivity index (χ0) is 15.5. The SMILES string of the molecule is Cc1cccc(N)c1NS(=O)(=O)CC(C)c1ccccc1. The monoisotopic (exact) mass is 304 g/mol. The van der Waals surface area contributed by atoms with Crippen molar-refractivity contribution in [2.75, 3.05) is 16.2 Å². The third kappa shape index (κ3) is 3.98. The second kappa shape index (κ2) is 6.18. The van der Waals surface area contributed by atoms with Crippen molar-refractivity contribution in [3.63, 3.8) is 0 Å². The lowest BCUT2D eigenvalue weighted by Crippen LogP contribution is -2.21. The molecule has 1 atom stereocenters. The number of anilines is 2. The van der Waals surface area contributed by atoms with Gasteiger partial charge in [-0.15, -0.1) is 0 Å². The first-order valence-corrected chi connectivity index (χ1v) is 8.45. The van der Waals surface area contributed by atoms with Gasteiger partial charge in [0.15, 0.2) is 0 Å². The van der Waals surface area contributed by atoms with Gasteiger partial charge in [-0.1, -0.05) is 49.4 Å². The van der Waals surface area contributed by atoms with E-state index >= 15 is 0 Å². The van der Waals surface area contributed by atoms with Crippen LogP contribution in [-0.4, -0.2) is 14.2 Å². The molecule has 0 aliphatic rings. The second-order valence-electron chi connectivity index (χ2n) is 5.23. The van der Waals surface area contributed by atoms with E-state index < -0.39 is 10.0 Å². The third-order valence-corrected chi connectivity index (χ3v) is 4.85. The summed E-state index contributed by atoms with van der Waals surface area (Å²) in [4.78, 5) is 0. The minimum atomic E-state index is -3.46. The van der Waals surface area contributed by atoms with Crippen LogP contribution in [0.4, 0.5) is 11.4 Å². The Morgan fingerprint density at radius 3 is 2.38 bits per heavy atom. The molecule has 21 heavy (non-hydrogen) atoms. The molecule has 0 amide bonds. The van der Waals surface area contributed by atoms with E-state index in [1.54, 1.807) is 12.1 Å². The predicted molar refractivity (Wildman–Crippen MR) is 87.9 cm³/mol. The molecule has 0 radical (unpaired) electrons. The number of benzene rings is 2. The molecular formula is C16H20N2O2S. The summed E-state index contributed by atoms with van der Waals surface area (Å²) in [6.45, 7) is 3.73. The van der Waals surface area contributed by atoms with E-state index in [1.807, 2.05) is 50.2 Å². The Morgan fingerprint density at radius 2 is 1.76 bits per heavy atom. The average molecular weight is 304 g/mol. The summed E-state index contributed by atoms with van der Waals surface area (Å²) >= 11 is 0. The fraction of sp³-hybridized carbons (Fsp3) is 0.250. The van der Waals surface area contributed by atoms with Crippen molar-refractivity contribution >= 4 is 21.4 Å². The molecular weight excluding hydrogens is 284 g/mol. The molecule has 0 heterocycles. The van der Waals surface area contributed by atoms with E-state index in [0.717, 1.165) is 11.1 Å². The van der Waals surface area contributed by atoms with Gasteiger partial charge in [-0.05, 0) is 30.0 Å². The number of sulfonamides is 1. The number of nitrogens with one attached hydrogen (secondary N) is 1. The molecule has 112 valence electrons. The topological polar surface area (TPSA) is 72.2 Å². The van der Waals surface area contributed by atoms with Crippen molar-refractivity contribution in [1.29, 1.82) is 0 Å². The van der Waals surface area contributed by atoms with Crippen LogP contribution < -0.4 is 10.5 Å². The highest BCUT2D eigenvalue weighted by Crippen LogP contribution is 2.25. The Morgan fingerprint density at radius 1 is 1.10 bits per heavy atom. The van der Waals surface area contributed by atoms with Crippen LogP contribution in [0.1, 0.15) is 24.0 Å². The van der Waals surface area contributed by atoms with E-state index in [4.69, 9.17) is 5.73 Å². The van der Waals surface area contributed by atoms with E-state index in [0.29, 0.717) is 11.4 Å². The molecule has 1 unspecified atom stereocenters. The zero-order valence-corrected chi connectivity index (χ0v) is 13.0. The van der Waals surface area contributed by atoms with Gasteiger partial charge in [0.05, 0.1) is 17.1 Å². The summed E-state index contributed by atoms with van der Waals surface area (Å²) < 4.78 is 27.2. The number of rotatable bonds is 5. The fourth-order valence-electron chi connectivity index (χ4n) is 2.23. The van der Waals surface area contributed by atoms with Crippen molar-refractivity contribution < 1.29 is 8.42 Å². The van der Waals surface area contributed by atoms with E-state index in [2.05, 4.69) is 4.72 Å². The minimum absolute atomic E-state index is 0.0186. The molecule has 2 aromatic rings. The Balaban J connectivity index is 2.16. The molecule has 0 aromatic heterocycles. The zero-order valence-electron chi connectivity index (χ0n) is 12.2. The molecule has 2 aromatic carbocycles. The number of nitrogens with two attached hydrogens (primary N) is 1. The van der Waals surface area contributed by atoms with Crippen LogP contribution in [0, 0.1) is 6.92 Å². The molecule has 0 saturated carbocycles. The lowest BCUT2D eigenvalue weighted by atomic mass is 10.0. The van der Waals surface area contributed by atoms with Crippen LogP contribution in [0.5, 0.6) is 0 Å². The Labute approximate surface area is 126 Å². The van der Waals surface area contributed by atoms with Crippen LogP contribution in [0.15, 0.2) is 48.5 Å². The van der Waals surface area contributed by atoms with Crippen LogP contribution in [-0.2, 0) is 10.0 Å². The lowest BCUT2D eigenvalue weighted by molar-refractivity contribution is 0.595. The summed E-state index contributed by atoms with van der Waals surface area (Å²) in [5.41, 5.74) is 8.56. The van der Waals surface area contributed by atoms with Crippen molar-refractivity contribution in [1.82, 2.24) is 0 Å². The number of aryl methyl sites for hydroxylation is 1. The fourth-order valence-corrected chi connectivity index (χ4v) is 3.76. The summed E-state index contributed by atoms with van der Waals surface area (Å²) in [5.74, 6) is -0.0703. The van der Waals surface area contributed by atoms with Gasteiger partial charge in [0.2, 0.25) is 10.0 Å². The van der Waals surface area contributed by atoms with Crippen LogP contribution in [0.2, 0.25) is 0 Å². The molecule has 5 heteroatoms. The van der Waals surface area contributed by atoms with Gasteiger partial charge in [0.1, 0.15) is 0 Å². The lowest BCUT2D eigenvalue weighted by Gasteiger charge is -2.16. The van der Waals surface area contributed by atoms with Crippen LogP contribution >= 0.6 is 0 Å². The highest BCUT2D eigenvalue weighted by Gasteiger charge is 2.18. The van der Waals surface area contributed by atoms with E-state index in [-0.39, 0.29) is 11.7 Å². The van der Waals surface area contributed by atoms with Gasteiger partial charge < -0.3 is 5.73 Å². The number of nitrogen functional groups attached to an aromatic ring is 1. The van der Waals surface area contributed by atoms with Crippen molar-refractivity contribution in [2.24, 2.45) is 0 Å². The highest BCUT2D eigenvalue weighted by molar-refractivity contribution is 7.92. The van der Waals surface area contributed by atoms with Crippen LogP contribution in [0.3, 0.4) is 0 Å². The van der Waals surface area contributed by atoms with Gasteiger partial charge in [0, 0.05) is 0 Å². The summed E-state index contributed by atoms with van der Waals surface area (Å²) in [7, 11) is -3.46. The molecule has 0 saturated heterocycles. The molecule has 0 fully saturated rings. The summed E-state index contributed by atoms with van der Waals surface area (Å²) in [6.07, 6.45) is 0. The molecule has 0 bridgehead atoms. The highest BCUT2D eigenvalue weighted by atomic mass is 32.2. The van der Waals surface area contributed by atoms with Crippen molar-refractivity contribution in [3.05, 3.63) is 59.7 Å². The van der Waals surface area contributed by atoms with E-state index in [1.165, 1.54) is 0 Å². The standard InChI is InChI=1S/C16H20N2O2S/c1-12-7-6-10-15(17)16(12)18-21(19,20)11-13(2)14-8-4-3-5-9-14/h3-10,13,18H,11,17H2,1-2H3. The van der Waals surface area contributed by atoms with Gasteiger partial charge in [-0.3, -0.25) is 4.72 Å². The summed E-state index contributed by atoms with van der Waals surface area (Å²) in [5, 5.41) is 0. The van der Waals surface area contributed by atoms with Crippen molar-refractivity contribution in [3.8, 4) is 0 Å². The molecule has 3 N–H and O–H groups in total. The smallest absolute Gasteiger partial charge is 0.233 e. The minimum Gasteiger partial charge on any atom is -0.397 e. The maximum absolute atomic E-state index is 12.3. The predicted octanol–water partition coefficient (Wildman–Crippen LogP) is 3.12. The molecule has 2 rings (SSSR count). The first-order chi connectivity index (χ1) is 9.89. The number of para-hydroxylation sites is 1. The average Bonchev–Trinajstić information content (AvgIpc) is 2.43. The number of hydrogen-bond acceptors (Lipinski definition) is 3. The summed E-state index contributed by atoms with van der Waals surface area (Å²) in [6, 6.07) is 14.9. The molecule has 0 aliphatic carbocycles. The quantitative estimate of drug-likeness (QED) is 0.834. The maximum atomic E-state index is 12.3. The maximum Gasteiger partial charge on any atom is 0.233 e. The normalized spacial score (nSPS) is 12.9. The third-order valence-electron chi connectivity index (χ3n) is 3.40. The van der Waals surface area contributed by atoms with Crippen LogP contribution in [0.25, 0.3) is 0 Å². The van der Waals surface area contributed by atoms with Crippen molar-refractivity contribution in [2.45, 2.75) is 19.8 Å². The Bertz CT molecular complexity index is 692. The number of hydrogen-bond donors (Lipinski definition) is 2. The van der Waals surface area contributed by atoms with Gasteiger partial charge in [-0.2, -0.15) is 0 Å². The van der Waals surface area contributed by atoms with Gasteiger partial charge in [-0.25, -0.2) is 8.42 Å². The Hall–Kier alpha value is -2.01. The van der Waals surface area contributed by atoms with Gasteiger partial charge in [0.25, 0.3) is 0 Å². The first-order valence-electron chi connectivity index (χ1n) is 6.79. The first kappa shape index (κ1) is 15.4. The largest absolute Gasteiger partial charge is 0.397 e. The molecule has 4 nitrogen and oxygen atoms in total. The molecule has 0 spiro atoms. The van der Waals surface area contributed by atoms with Gasteiger partial charge >= 0.3 is 0 Å².